The lowest BCUT2D eigenvalue weighted by Gasteiger charge is -2.32. The second-order valence-electron chi connectivity index (χ2n) is 6.53. The number of hydrogen-bond acceptors (Lipinski definition) is 4. The van der Waals surface area contributed by atoms with E-state index < -0.39 is 18.6 Å². The van der Waals surface area contributed by atoms with E-state index in [1.54, 1.807) is 0 Å². The first-order chi connectivity index (χ1) is 11.3. The fourth-order valence-electron chi connectivity index (χ4n) is 3.20. The van der Waals surface area contributed by atoms with E-state index >= 15 is 0 Å². The number of carbonyl (C=O) groups excluding carboxylic acids is 2. The molecule has 6 nitrogen and oxygen atoms in total. The van der Waals surface area contributed by atoms with Gasteiger partial charge in [0.05, 0.1) is 12.6 Å². The van der Waals surface area contributed by atoms with Gasteiger partial charge in [0.1, 0.15) is 6.54 Å². The van der Waals surface area contributed by atoms with Crippen molar-refractivity contribution < 1.29 is 22.8 Å². The second kappa shape index (κ2) is 10.2. The van der Waals surface area contributed by atoms with Crippen LogP contribution in [0.25, 0.3) is 0 Å². The highest BCUT2D eigenvalue weighted by molar-refractivity contribution is 5.85. The van der Waals surface area contributed by atoms with E-state index in [-0.39, 0.29) is 36.8 Å². The van der Waals surface area contributed by atoms with Crippen LogP contribution in [0.4, 0.5) is 13.2 Å². The van der Waals surface area contributed by atoms with E-state index in [2.05, 4.69) is 10.6 Å². The summed E-state index contributed by atoms with van der Waals surface area (Å²) in [6.07, 6.45) is -0.725. The first-order valence-electron chi connectivity index (χ1n) is 8.40. The van der Waals surface area contributed by atoms with Gasteiger partial charge in [-0.1, -0.05) is 0 Å². The minimum absolute atomic E-state index is 0. The van der Waals surface area contributed by atoms with Crippen LogP contribution in [0, 0.1) is 5.92 Å². The topological polar surface area (TPSA) is 73.5 Å². The van der Waals surface area contributed by atoms with Crippen molar-refractivity contribution in [3.63, 3.8) is 0 Å². The van der Waals surface area contributed by atoms with Gasteiger partial charge in [0.15, 0.2) is 0 Å². The van der Waals surface area contributed by atoms with Crippen LogP contribution in [0.15, 0.2) is 0 Å². The molecule has 10 heteroatoms. The van der Waals surface area contributed by atoms with Crippen molar-refractivity contribution in [3.05, 3.63) is 0 Å². The summed E-state index contributed by atoms with van der Waals surface area (Å²) in [6.45, 7) is 1.37. The van der Waals surface area contributed by atoms with Crippen molar-refractivity contribution in [2.45, 2.75) is 37.9 Å². The normalized spacial score (nSPS) is 24.4. The molecule has 2 amide bonds. The van der Waals surface area contributed by atoms with Gasteiger partial charge in [0.2, 0.25) is 11.8 Å². The third-order valence-electron chi connectivity index (χ3n) is 4.40. The Morgan fingerprint density at radius 2 is 1.92 bits per heavy atom. The Morgan fingerprint density at radius 1 is 1.16 bits per heavy atom. The van der Waals surface area contributed by atoms with Crippen LogP contribution >= 0.6 is 12.4 Å². The monoisotopic (exact) mass is 386 g/mol. The van der Waals surface area contributed by atoms with Gasteiger partial charge in [-0.15, -0.1) is 12.4 Å². The van der Waals surface area contributed by atoms with E-state index in [1.165, 1.54) is 0 Å². The minimum atomic E-state index is -4.39. The number of hydrogen-bond donors (Lipinski definition) is 3. The maximum Gasteiger partial charge on any atom is 0.405 e. The Hall–Kier alpha value is -1.06. The van der Waals surface area contributed by atoms with Gasteiger partial charge in [-0.2, -0.15) is 13.2 Å². The zero-order valence-electron chi connectivity index (χ0n) is 14.0. The molecule has 2 aliphatic heterocycles. The second-order valence-corrected chi connectivity index (χ2v) is 6.53. The molecule has 0 bridgehead atoms. The molecule has 2 heterocycles. The maximum absolute atomic E-state index is 12.1. The van der Waals surface area contributed by atoms with E-state index in [0.29, 0.717) is 19.6 Å². The van der Waals surface area contributed by atoms with Gasteiger partial charge < -0.3 is 16.0 Å². The molecule has 0 saturated carbocycles. The Balaban J connectivity index is 0.00000312. The number of carbonyl (C=O) groups is 2. The number of nitrogens with one attached hydrogen (secondary N) is 3. The largest absolute Gasteiger partial charge is 0.405 e. The molecule has 2 unspecified atom stereocenters. The van der Waals surface area contributed by atoms with Gasteiger partial charge in [-0.05, 0) is 44.7 Å². The van der Waals surface area contributed by atoms with E-state index in [0.717, 1.165) is 32.2 Å². The van der Waals surface area contributed by atoms with Crippen LogP contribution in [-0.2, 0) is 9.59 Å². The smallest absolute Gasteiger partial charge is 0.354 e. The number of likely N-dealkylation sites (tertiary alicyclic amines) is 1. The first kappa shape index (κ1) is 22.0. The SMILES string of the molecule is Cl.O=C(CN1CCCC(CNC(=O)C2CCCN2)C1)NCC(F)(F)F. The summed E-state index contributed by atoms with van der Waals surface area (Å²) in [5, 5.41) is 7.96. The van der Waals surface area contributed by atoms with Gasteiger partial charge in [0.25, 0.3) is 0 Å². The van der Waals surface area contributed by atoms with Gasteiger partial charge in [0, 0.05) is 13.1 Å². The average Bonchev–Trinajstić information content (AvgIpc) is 3.05. The lowest BCUT2D eigenvalue weighted by Crippen LogP contribution is -2.48. The summed E-state index contributed by atoms with van der Waals surface area (Å²) in [7, 11) is 0. The molecule has 3 N–H and O–H groups in total. The fourth-order valence-corrected chi connectivity index (χ4v) is 3.20. The Morgan fingerprint density at radius 3 is 2.56 bits per heavy atom. The Kier molecular flexibility index (Phi) is 8.95. The molecule has 0 spiro atoms. The molecule has 2 atom stereocenters. The Labute approximate surface area is 151 Å². The van der Waals surface area contributed by atoms with Crippen molar-refractivity contribution in [2.75, 3.05) is 39.3 Å². The molecule has 2 rings (SSSR count). The molecule has 2 fully saturated rings. The van der Waals surface area contributed by atoms with Crippen molar-refractivity contribution in [3.8, 4) is 0 Å². The standard InChI is InChI=1S/C15H25F3N4O2.ClH/c16-15(17,18)10-21-13(23)9-22-6-2-3-11(8-22)7-20-14(24)12-4-1-5-19-12;/h11-12,19H,1-10H2,(H,20,24)(H,21,23);1H. The van der Waals surface area contributed by atoms with Crippen molar-refractivity contribution in [2.24, 2.45) is 5.92 Å². The summed E-state index contributed by atoms with van der Waals surface area (Å²) >= 11 is 0. The number of piperidine rings is 1. The summed E-state index contributed by atoms with van der Waals surface area (Å²) < 4.78 is 36.3. The fraction of sp³-hybridized carbons (Fsp3) is 0.867. The molecule has 0 radical (unpaired) electrons. The molecular formula is C15H26ClF3N4O2. The van der Waals surface area contributed by atoms with E-state index in [9.17, 15) is 22.8 Å². The molecule has 2 saturated heterocycles. The lowest BCUT2D eigenvalue weighted by atomic mass is 9.98. The van der Waals surface area contributed by atoms with Gasteiger partial charge in [-0.25, -0.2) is 0 Å². The lowest BCUT2D eigenvalue weighted by molar-refractivity contribution is -0.139. The third-order valence-corrected chi connectivity index (χ3v) is 4.40. The quantitative estimate of drug-likeness (QED) is 0.627. The molecular weight excluding hydrogens is 361 g/mol. The van der Waals surface area contributed by atoms with Gasteiger partial charge >= 0.3 is 6.18 Å². The van der Waals surface area contributed by atoms with Crippen molar-refractivity contribution in [1.82, 2.24) is 20.9 Å². The van der Waals surface area contributed by atoms with Crippen LogP contribution in [-0.4, -0.2) is 68.2 Å². The number of nitrogens with zero attached hydrogens (tertiary/aromatic N) is 1. The average molecular weight is 387 g/mol. The maximum atomic E-state index is 12.1. The highest BCUT2D eigenvalue weighted by atomic mass is 35.5. The molecule has 0 aromatic carbocycles. The molecule has 0 aromatic heterocycles. The molecule has 0 aliphatic carbocycles. The third kappa shape index (κ3) is 8.24. The van der Waals surface area contributed by atoms with Crippen LogP contribution in [0.5, 0.6) is 0 Å². The predicted octanol–water partition coefficient (Wildman–Crippen LogP) is 0.667. The number of alkyl halides is 3. The van der Waals surface area contributed by atoms with E-state index in [4.69, 9.17) is 0 Å². The molecule has 146 valence electrons. The summed E-state index contributed by atoms with van der Waals surface area (Å²) in [4.78, 5) is 25.4. The van der Waals surface area contributed by atoms with Crippen LogP contribution in [0.3, 0.4) is 0 Å². The van der Waals surface area contributed by atoms with Crippen LogP contribution in [0.2, 0.25) is 0 Å². The highest BCUT2D eigenvalue weighted by Crippen LogP contribution is 2.16. The van der Waals surface area contributed by atoms with Gasteiger partial charge in [-0.3, -0.25) is 14.5 Å². The molecule has 25 heavy (non-hydrogen) atoms. The highest BCUT2D eigenvalue weighted by Gasteiger charge is 2.29. The Bertz CT molecular complexity index is 445. The van der Waals surface area contributed by atoms with E-state index in [1.807, 2.05) is 10.2 Å². The summed E-state index contributed by atoms with van der Waals surface area (Å²) in [6, 6.07) is -0.113. The first-order valence-corrected chi connectivity index (χ1v) is 8.40. The van der Waals surface area contributed by atoms with Crippen LogP contribution < -0.4 is 16.0 Å². The number of rotatable bonds is 6. The molecule has 2 aliphatic rings. The minimum Gasteiger partial charge on any atom is -0.354 e. The zero-order chi connectivity index (χ0) is 17.6. The predicted molar refractivity (Wildman–Crippen MR) is 89.5 cm³/mol. The number of amides is 2. The van der Waals surface area contributed by atoms with Crippen molar-refractivity contribution in [1.29, 1.82) is 0 Å². The summed E-state index contributed by atoms with van der Waals surface area (Å²) in [5.74, 6) is -0.390. The molecule has 0 aromatic rings. The zero-order valence-corrected chi connectivity index (χ0v) is 14.8. The number of halogens is 4. The van der Waals surface area contributed by atoms with Crippen molar-refractivity contribution >= 4 is 24.2 Å². The summed E-state index contributed by atoms with van der Waals surface area (Å²) in [5.41, 5.74) is 0. The van der Waals surface area contributed by atoms with Crippen LogP contribution in [0.1, 0.15) is 25.7 Å².